The topological polar surface area (TPSA) is 104 Å². The Hall–Kier alpha value is -2.59. The van der Waals surface area contributed by atoms with Crippen molar-refractivity contribution in [1.29, 1.82) is 0 Å². The highest BCUT2D eigenvalue weighted by Crippen LogP contribution is 2.29. The number of hydroxylamine groups is 1. The van der Waals surface area contributed by atoms with Crippen molar-refractivity contribution in [1.82, 2.24) is 10.8 Å². The normalized spacial score (nSPS) is 10.8. The van der Waals surface area contributed by atoms with Gasteiger partial charge in [-0.25, -0.2) is 0 Å². The smallest absolute Gasteiger partial charge is 0.287 e. The number of rotatable bonds is 11. The number of para-hydroxylation sites is 1. The van der Waals surface area contributed by atoms with Crippen LogP contribution >= 0.6 is 24.0 Å². The zero-order valence-electron chi connectivity index (χ0n) is 16.8. The molecule has 2 aromatic carbocycles. The summed E-state index contributed by atoms with van der Waals surface area (Å²) in [4.78, 5) is 13.0. The number of thiocarbonyl (C=S) groups is 1. The fourth-order valence-corrected chi connectivity index (χ4v) is 4.05. The van der Waals surface area contributed by atoms with Gasteiger partial charge in [0.05, 0.1) is 6.54 Å². The summed E-state index contributed by atoms with van der Waals surface area (Å²) < 4.78 is 11.5. The number of thioether (sulfide) groups is 1. The number of ether oxygens (including phenoxy) is 1. The molecule has 0 atom stereocenters. The standard InChI is InChI=1S/C22H24N2O5S2/c25-11-3-13-31-14-18-17-4-1-2-5-19(17)29-20(18)21(26)23-10-12-28-16-8-6-15(7-9-16)22(30)24-27/h1-2,4-9,25,27H,3,10-14H2,(H,23,26)(H,24,30). The molecule has 0 aliphatic heterocycles. The van der Waals surface area contributed by atoms with Crippen molar-refractivity contribution in [2.75, 3.05) is 25.5 Å². The Labute approximate surface area is 189 Å². The van der Waals surface area contributed by atoms with Crippen LogP contribution in [0.3, 0.4) is 0 Å². The third-order valence-corrected chi connectivity index (χ3v) is 5.87. The van der Waals surface area contributed by atoms with Crippen molar-refractivity contribution in [3.63, 3.8) is 0 Å². The molecule has 0 aliphatic rings. The molecule has 31 heavy (non-hydrogen) atoms. The number of fused-ring (bicyclic) bond motifs is 1. The number of nitrogens with one attached hydrogen (secondary N) is 2. The molecule has 4 N–H and O–H groups in total. The van der Waals surface area contributed by atoms with Crippen molar-refractivity contribution in [2.45, 2.75) is 12.2 Å². The average molecular weight is 461 g/mol. The molecule has 0 unspecified atom stereocenters. The van der Waals surface area contributed by atoms with E-state index in [0.717, 1.165) is 16.7 Å². The van der Waals surface area contributed by atoms with Crippen LogP contribution in [0.5, 0.6) is 5.75 Å². The van der Waals surface area contributed by atoms with Gasteiger partial charge in [0.2, 0.25) is 0 Å². The Kier molecular flexibility index (Phi) is 8.72. The monoisotopic (exact) mass is 460 g/mol. The molecule has 0 saturated carbocycles. The molecule has 0 spiro atoms. The van der Waals surface area contributed by atoms with E-state index in [1.165, 1.54) is 0 Å². The Morgan fingerprint density at radius 1 is 1.16 bits per heavy atom. The molecule has 1 heterocycles. The van der Waals surface area contributed by atoms with E-state index in [1.54, 1.807) is 36.0 Å². The predicted molar refractivity (Wildman–Crippen MR) is 125 cm³/mol. The van der Waals surface area contributed by atoms with E-state index in [1.807, 2.05) is 29.7 Å². The molecule has 0 aliphatic carbocycles. The fourth-order valence-electron chi connectivity index (χ4n) is 2.95. The number of carbonyl (C=O) groups excluding carboxylic acids is 1. The highest BCUT2D eigenvalue weighted by molar-refractivity contribution is 7.98. The van der Waals surface area contributed by atoms with Crippen LogP contribution in [0.15, 0.2) is 52.9 Å². The second-order valence-electron chi connectivity index (χ2n) is 6.61. The largest absolute Gasteiger partial charge is 0.492 e. The number of hydrogen-bond donors (Lipinski definition) is 4. The van der Waals surface area contributed by atoms with Gasteiger partial charge in [-0.15, -0.1) is 0 Å². The lowest BCUT2D eigenvalue weighted by molar-refractivity contribution is 0.0920. The zero-order chi connectivity index (χ0) is 22.1. The van der Waals surface area contributed by atoms with E-state index in [4.69, 9.17) is 31.7 Å². The number of hydrogen-bond acceptors (Lipinski definition) is 7. The van der Waals surface area contributed by atoms with Crippen LogP contribution in [0.2, 0.25) is 0 Å². The third kappa shape index (κ3) is 6.20. The number of amides is 1. The zero-order valence-corrected chi connectivity index (χ0v) is 18.4. The van der Waals surface area contributed by atoms with Gasteiger partial charge in [0.15, 0.2) is 5.76 Å². The molecule has 0 bridgehead atoms. The summed E-state index contributed by atoms with van der Waals surface area (Å²) in [6, 6.07) is 14.5. The van der Waals surface area contributed by atoms with E-state index < -0.39 is 0 Å². The maximum atomic E-state index is 12.7. The Morgan fingerprint density at radius 3 is 2.68 bits per heavy atom. The molecule has 1 aromatic heterocycles. The molecule has 0 saturated heterocycles. The predicted octanol–water partition coefficient (Wildman–Crippen LogP) is 3.51. The second-order valence-corrected chi connectivity index (χ2v) is 8.12. The number of benzene rings is 2. The quantitative estimate of drug-likeness (QED) is 0.196. The first-order chi connectivity index (χ1) is 15.1. The van der Waals surface area contributed by atoms with E-state index in [0.29, 0.717) is 41.4 Å². The first-order valence-electron chi connectivity index (χ1n) is 9.78. The lowest BCUT2D eigenvalue weighted by Crippen LogP contribution is -2.28. The van der Waals surface area contributed by atoms with Gasteiger partial charge in [0.25, 0.3) is 5.91 Å². The van der Waals surface area contributed by atoms with E-state index in [9.17, 15) is 4.79 Å². The molecule has 9 heteroatoms. The third-order valence-electron chi connectivity index (χ3n) is 4.47. The van der Waals surface area contributed by atoms with Crippen LogP contribution in [-0.4, -0.2) is 46.7 Å². The van der Waals surface area contributed by atoms with Gasteiger partial charge < -0.3 is 19.6 Å². The molecule has 1 amide bonds. The summed E-state index contributed by atoms with van der Waals surface area (Å²) in [5.74, 6) is 2.10. The van der Waals surface area contributed by atoms with Crippen LogP contribution in [0.25, 0.3) is 11.0 Å². The summed E-state index contributed by atoms with van der Waals surface area (Å²) in [7, 11) is 0. The highest BCUT2D eigenvalue weighted by Gasteiger charge is 2.20. The van der Waals surface area contributed by atoms with Crippen molar-refractivity contribution < 1.29 is 24.3 Å². The van der Waals surface area contributed by atoms with Crippen LogP contribution in [0, 0.1) is 0 Å². The highest BCUT2D eigenvalue weighted by atomic mass is 32.2. The van der Waals surface area contributed by atoms with Gasteiger partial charge in [-0.2, -0.15) is 11.8 Å². The van der Waals surface area contributed by atoms with E-state index in [2.05, 4.69) is 5.32 Å². The number of carbonyl (C=O) groups is 1. The Bertz CT molecular complexity index is 1020. The van der Waals surface area contributed by atoms with Gasteiger partial charge in [0.1, 0.15) is 22.9 Å². The van der Waals surface area contributed by atoms with Crippen molar-refractivity contribution in [2.24, 2.45) is 0 Å². The van der Waals surface area contributed by atoms with Crippen LogP contribution in [-0.2, 0) is 5.75 Å². The minimum atomic E-state index is -0.285. The maximum absolute atomic E-state index is 12.7. The molecule has 3 aromatic rings. The lowest BCUT2D eigenvalue weighted by atomic mass is 10.1. The van der Waals surface area contributed by atoms with E-state index in [-0.39, 0.29) is 24.1 Å². The number of aliphatic hydroxyl groups is 1. The van der Waals surface area contributed by atoms with Gasteiger partial charge >= 0.3 is 0 Å². The van der Waals surface area contributed by atoms with Crippen LogP contribution in [0.4, 0.5) is 0 Å². The number of furan rings is 1. The fraction of sp³-hybridized carbons (Fsp3) is 0.273. The molecule has 0 radical (unpaired) electrons. The summed E-state index contributed by atoms with van der Waals surface area (Å²) in [6.07, 6.45) is 0.711. The summed E-state index contributed by atoms with van der Waals surface area (Å²) in [6.45, 7) is 0.750. The minimum absolute atomic E-state index is 0.153. The molecular weight excluding hydrogens is 436 g/mol. The van der Waals surface area contributed by atoms with Gasteiger partial charge in [-0.1, -0.05) is 30.4 Å². The molecule has 0 fully saturated rings. The molecule has 7 nitrogen and oxygen atoms in total. The Balaban J connectivity index is 1.56. The molecule has 164 valence electrons. The summed E-state index contributed by atoms with van der Waals surface area (Å²) in [5.41, 5.74) is 4.15. The number of aliphatic hydroxyl groups excluding tert-OH is 1. The average Bonchev–Trinajstić information content (AvgIpc) is 3.18. The van der Waals surface area contributed by atoms with Gasteiger partial charge in [-0.3, -0.25) is 15.5 Å². The SMILES string of the molecule is O=C(NCCOc1ccc(C(=S)NO)cc1)c1oc2ccccc2c1CSCCCO. The van der Waals surface area contributed by atoms with Gasteiger partial charge in [-0.05, 0) is 42.5 Å². The van der Waals surface area contributed by atoms with Crippen molar-refractivity contribution in [3.05, 3.63) is 65.4 Å². The van der Waals surface area contributed by atoms with Crippen molar-refractivity contribution >= 4 is 45.8 Å². The van der Waals surface area contributed by atoms with E-state index >= 15 is 0 Å². The minimum Gasteiger partial charge on any atom is -0.492 e. The van der Waals surface area contributed by atoms with Crippen LogP contribution < -0.4 is 15.5 Å². The lowest BCUT2D eigenvalue weighted by Gasteiger charge is -2.09. The second kappa shape index (κ2) is 11.7. The Morgan fingerprint density at radius 2 is 1.94 bits per heavy atom. The first kappa shape index (κ1) is 23.1. The van der Waals surface area contributed by atoms with Gasteiger partial charge in [0, 0.05) is 28.9 Å². The first-order valence-corrected chi connectivity index (χ1v) is 11.3. The molecular formula is C22H24N2O5S2. The van der Waals surface area contributed by atoms with Crippen molar-refractivity contribution in [3.8, 4) is 5.75 Å². The van der Waals surface area contributed by atoms with Crippen LogP contribution in [0.1, 0.15) is 28.1 Å². The summed E-state index contributed by atoms with van der Waals surface area (Å²) in [5, 5.41) is 21.6. The maximum Gasteiger partial charge on any atom is 0.287 e. The molecule has 3 rings (SSSR count). The summed E-state index contributed by atoms with van der Waals surface area (Å²) >= 11 is 6.61.